The van der Waals surface area contributed by atoms with E-state index in [0.29, 0.717) is 28.0 Å². The summed E-state index contributed by atoms with van der Waals surface area (Å²) >= 11 is 0. The van der Waals surface area contributed by atoms with Crippen LogP contribution in [-0.4, -0.2) is 40.1 Å². The minimum Gasteiger partial charge on any atom is -0.376 e. The molecule has 2 aromatic heterocycles. The van der Waals surface area contributed by atoms with Crippen molar-refractivity contribution in [2.75, 3.05) is 19.0 Å². The molecular formula is C24H22N6O2. The fourth-order valence-electron chi connectivity index (χ4n) is 3.94. The molecule has 0 bridgehead atoms. The van der Waals surface area contributed by atoms with Crippen molar-refractivity contribution in [3.63, 3.8) is 0 Å². The van der Waals surface area contributed by atoms with Crippen molar-refractivity contribution in [1.82, 2.24) is 19.7 Å². The quantitative estimate of drug-likeness (QED) is 0.383. The molecule has 5 rings (SSSR count). The van der Waals surface area contributed by atoms with E-state index >= 15 is 0 Å². The van der Waals surface area contributed by atoms with Crippen LogP contribution in [0.4, 0.5) is 11.4 Å². The Bertz CT molecular complexity index is 1610. The standard InChI is InChI=1S/C24H22N6O2/c1-14-17(13-25-20-11-18-19(27-24(32)26-18)12-22(20)29(2)3)23(31)30(28-14)21-10-6-8-15-7-4-5-9-16(15)21/h4-13,28H,1-3H3,(H2,26,27,32). The van der Waals surface area contributed by atoms with Crippen molar-refractivity contribution in [2.45, 2.75) is 6.92 Å². The van der Waals surface area contributed by atoms with Crippen LogP contribution in [0.1, 0.15) is 11.3 Å². The molecule has 0 spiro atoms. The molecule has 0 atom stereocenters. The van der Waals surface area contributed by atoms with E-state index in [0.717, 1.165) is 22.1 Å². The molecule has 32 heavy (non-hydrogen) atoms. The molecule has 160 valence electrons. The highest BCUT2D eigenvalue weighted by Crippen LogP contribution is 2.31. The Morgan fingerprint density at radius 3 is 2.47 bits per heavy atom. The second-order valence-corrected chi connectivity index (χ2v) is 7.91. The molecular weight excluding hydrogens is 404 g/mol. The maximum Gasteiger partial charge on any atom is 0.323 e. The predicted molar refractivity (Wildman–Crippen MR) is 129 cm³/mol. The van der Waals surface area contributed by atoms with Gasteiger partial charge in [-0.05, 0) is 30.5 Å². The lowest BCUT2D eigenvalue weighted by Crippen LogP contribution is -2.17. The van der Waals surface area contributed by atoms with Gasteiger partial charge < -0.3 is 14.9 Å². The van der Waals surface area contributed by atoms with E-state index in [4.69, 9.17) is 0 Å². The van der Waals surface area contributed by atoms with Crippen molar-refractivity contribution < 1.29 is 0 Å². The number of aromatic nitrogens is 4. The number of H-pyrrole nitrogens is 3. The van der Waals surface area contributed by atoms with Crippen molar-refractivity contribution in [2.24, 2.45) is 4.99 Å². The van der Waals surface area contributed by atoms with Gasteiger partial charge in [0.05, 0.1) is 33.7 Å². The fourth-order valence-corrected chi connectivity index (χ4v) is 3.94. The van der Waals surface area contributed by atoms with Crippen LogP contribution in [-0.2, 0) is 0 Å². The number of nitrogens with zero attached hydrogens (tertiary/aromatic N) is 3. The Labute approximate surface area is 182 Å². The summed E-state index contributed by atoms with van der Waals surface area (Å²) in [5.74, 6) is 0. The first-order valence-electron chi connectivity index (χ1n) is 10.2. The van der Waals surface area contributed by atoms with E-state index in [2.05, 4.69) is 20.1 Å². The molecule has 0 radical (unpaired) electrons. The van der Waals surface area contributed by atoms with Crippen LogP contribution < -0.4 is 16.1 Å². The van der Waals surface area contributed by atoms with Gasteiger partial charge in [-0.3, -0.25) is 14.9 Å². The highest BCUT2D eigenvalue weighted by Gasteiger charge is 2.14. The topological polar surface area (TPSA) is 102 Å². The third kappa shape index (κ3) is 3.22. The van der Waals surface area contributed by atoms with Crippen molar-refractivity contribution in [3.8, 4) is 5.69 Å². The summed E-state index contributed by atoms with van der Waals surface area (Å²) in [7, 11) is 3.81. The molecule has 8 nitrogen and oxygen atoms in total. The van der Waals surface area contributed by atoms with E-state index in [1.807, 2.05) is 74.4 Å². The number of aryl methyl sites for hydroxylation is 1. The zero-order chi connectivity index (χ0) is 22.4. The van der Waals surface area contributed by atoms with Crippen LogP contribution in [0.25, 0.3) is 27.5 Å². The molecule has 0 fully saturated rings. The molecule has 3 N–H and O–H groups in total. The third-order valence-electron chi connectivity index (χ3n) is 5.55. The molecule has 0 saturated carbocycles. The van der Waals surface area contributed by atoms with Crippen molar-refractivity contribution in [3.05, 3.63) is 86.7 Å². The smallest absolute Gasteiger partial charge is 0.323 e. The van der Waals surface area contributed by atoms with Crippen LogP contribution in [0.3, 0.4) is 0 Å². The Morgan fingerprint density at radius 1 is 0.969 bits per heavy atom. The molecule has 2 heterocycles. The molecule has 8 heteroatoms. The molecule has 0 saturated heterocycles. The predicted octanol–water partition coefficient (Wildman–Crippen LogP) is 3.61. The van der Waals surface area contributed by atoms with Crippen LogP contribution in [0.5, 0.6) is 0 Å². The third-order valence-corrected chi connectivity index (χ3v) is 5.55. The molecule has 0 aliphatic rings. The van der Waals surface area contributed by atoms with E-state index in [9.17, 15) is 9.59 Å². The molecule has 0 unspecified atom stereocenters. The number of fused-ring (bicyclic) bond motifs is 2. The normalized spacial score (nSPS) is 11.7. The van der Waals surface area contributed by atoms with Crippen molar-refractivity contribution >= 4 is 39.4 Å². The largest absolute Gasteiger partial charge is 0.376 e. The zero-order valence-corrected chi connectivity index (χ0v) is 17.9. The lowest BCUT2D eigenvalue weighted by Gasteiger charge is -2.15. The first-order chi connectivity index (χ1) is 15.4. The molecule has 0 aliphatic heterocycles. The summed E-state index contributed by atoms with van der Waals surface area (Å²) in [6.07, 6.45) is 1.58. The van der Waals surface area contributed by atoms with E-state index in [-0.39, 0.29) is 11.2 Å². The van der Waals surface area contributed by atoms with Gasteiger partial charge >= 0.3 is 5.69 Å². The summed E-state index contributed by atoms with van der Waals surface area (Å²) < 4.78 is 1.55. The van der Waals surface area contributed by atoms with Crippen LogP contribution in [0.2, 0.25) is 0 Å². The Kier molecular flexibility index (Phi) is 4.55. The fraction of sp³-hybridized carbons (Fsp3) is 0.125. The number of imidazole rings is 1. The zero-order valence-electron chi connectivity index (χ0n) is 17.9. The van der Waals surface area contributed by atoms with Gasteiger partial charge in [-0.1, -0.05) is 36.4 Å². The maximum atomic E-state index is 13.3. The molecule has 5 aromatic rings. The number of nitrogens with one attached hydrogen (secondary N) is 3. The van der Waals surface area contributed by atoms with Gasteiger partial charge in [-0.2, -0.15) is 0 Å². The average molecular weight is 426 g/mol. The minimum atomic E-state index is -0.273. The average Bonchev–Trinajstić information content (AvgIpc) is 3.28. The molecule has 3 aromatic carbocycles. The summed E-state index contributed by atoms with van der Waals surface area (Å²) in [6, 6.07) is 17.5. The maximum absolute atomic E-state index is 13.3. The summed E-state index contributed by atoms with van der Waals surface area (Å²) in [4.78, 5) is 37.0. The van der Waals surface area contributed by atoms with Crippen LogP contribution in [0, 0.1) is 6.92 Å². The minimum absolute atomic E-state index is 0.176. The highest BCUT2D eigenvalue weighted by molar-refractivity contribution is 5.92. The number of aliphatic imine (C=N–C) groups is 1. The molecule has 0 aliphatic carbocycles. The van der Waals surface area contributed by atoms with Gasteiger partial charge in [0, 0.05) is 31.4 Å². The lowest BCUT2D eigenvalue weighted by molar-refractivity contribution is 0.841. The number of aromatic amines is 3. The second-order valence-electron chi connectivity index (χ2n) is 7.91. The Hall–Kier alpha value is -4.33. The van der Waals surface area contributed by atoms with Gasteiger partial charge in [0.1, 0.15) is 0 Å². The molecule has 0 amide bonds. The Balaban J connectivity index is 1.62. The number of hydrogen-bond donors (Lipinski definition) is 3. The van der Waals surface area contributed by atoms with E-state index in [1.54, 1.807) is 17.0 Å². The SMILES string of the molecule is Cc1[nH]n(-c2cccc3ccccc23)c(=O)c1C=Nc1cc2[nH]c(=O)[nH]c2cc1N(C)C. The number of anilines is 1. The summed E-state index contributed by atoms with van der Waals surface area (Å²) in [5, 5.41) is 5.22. The number of hydrogen-bond acceptors (Lipinski definition) is 4. The van der Waals surface area contributed by atoms with Gasteiger partial charge in [-0.15, -0.1) is 0 Å². The monoisotopic (exact) mass is 426 g/mol. The second kappa shape index (κ2) is 7.42. The van der Waals surface area contributed by atoms with Crippen molar-refractivity contribution in [1.29, 1.82) is 0 Å². The van der Waals surface area contributed by atoms with Crippen LogP contribution >= 0.6 is 0 Å². The van der Waals surface area contributed by atoms with Gasteiger partial charge in [0.25, 0.3) is 5.56 Å². The summed E-state index contributed by atoms with van der Waals surface area (Å²) in [6.45, 7) is 1.85. The Morgan fingerprint density at radius 2 is 1.69 bits per heavy atom. The van der Waals surface area contributed by atoms with Gasteiger partial charge in [0.15, 0.2) is 0 Å². The first-order valence-corrected chi connectivity index (χ1v) is 10.2. The van der Waals surface area contributed by atoms with E-state index in [1.165, 1.54) is 0 Å². The van der Waals surface area contributed by atoms with Gasteiger partial charge in [0.2, 0.25) is 0 Å². The highest BCUT2D eigenvalue weighted by atomic mass is 16.1. The van der Waals surface area contributed by atoms with E-state index < -0.39 is 0 Å². The lowest BCUT2D eigenvalue weighted by atomic mass is 10.1. The first kappa shape index (κ1) is 19.6. The van der Waals surface area contributed by atoms with Gasteiger partial charge in [-0.25, -0.2) is 9.48 Å². The summed E-state index contributed by atoms with van der Waals surface area (Å²) in [5.41, 5.74) is 4.37. The number of benzene rings is 3. The number of rotatable bonds is 4. The van der Waals surface area contributed by atoms with Crippen LogP contribution in [0.15, 0.2) is 69.2 Å².